The van der Waals surface area contributed by atoms with Crippen molar-refractivity contribution in [2.24, 2.45) is 5.73 Å². The maximum absolute atomic E-state index is 11.3. The van der Waals surface area contributed by atoms with Gasteiger partial charge in [-0.3, -0.25) is 24.1 Å². The maximum atomic E-state index is 11.3. The lowest BCUT2D eigenvalue weighted by Gasteiger charge is -2.20. The molecule has 4 N–H and O–H groups in total. The van der Waals surface area contributed by atoms with E-state index in [2.05, 4.69) is 15.4 Å². The van der Waals surface area contributed by atoms with Crippen LogP contribution < -0.4 is 16.4 Å². The van der Waals surface area contributed by atoms with Crippen molar-refractivity contribution in [3.8, 4) is 0 Å². The van der Waals surface area contributed by atoms with Gasteiger partial charge >= 0.3 is 18.3 Å². The Hall–Kier alpha value is -4.27. The molecule has 0 aromatic carbocycles. The van der Waals surface area contributed by atoms with E-state index in [9.17, 15) is 33.6 Å². The van der Waals surface area contributed by atoms with E-state index in [1.54, 1.807) is 20.8 Å². The second-order valence-electron chi connectivity index (χ2n) is 9.62. The quantitative estimate of drug-likeness (QED) is 0.316. The molecule has 7 amide bonds. The number of carbonyl (C=O) groups excluding carboxylic acids is 7. The second-order valence-corrected chi connectivity index (χ2v) is 9.62. The summed E-state index contributed by atoms with van der Waals surface area (Å²) in [4.78, 5) is 77.9. The molecule has 0 aliphatic carbocycles. The van der Waals surface area contributed by atoms with E-state index in [0.717, 1.165) is 24.2 Å². The first-order valence-corrected chi connectivity index (χ1v) is 11.7. The molecule has 2 rings (SSSR count). The highest BCUT2D eigenvalue weighted by Crippen LogP contribution is 2.07. The van der Waals surface area contributed by atoms with Gasteiger partial charge in [-0.2, -0.15) is 4.90 Å². The van der Waals surface area contributed by atoms with Gasteiger partial charge in [0.05, 0.1) is 7.11 Å². The smallest absolute Gasteiger partial charge is 0.423 e. The number of hydrogen-bond donors (Lipinski definition) is 3. The van der Waals surface area contributed by atoms with E-state index in [1.165, 1.54) is 12.2 Å². The van der Waals surface area contributed by atoms with Crippen LogP contribution >= 0.6 is 0 Å². The van der Waals surface area contributed by atoms with Crippen LogP contribution in [0.3, 0.4) is 0 Å². The van der Waals surface area contributed by atoms with Crippen LogP contribution in [0, 0.1) is 0 Å². The molecule has 15 nitrogen and oxygen atoms in total. The van der Waals surface area contributed by atoms with Gasteiger partial charge in [-0.25, -0.2) is 14.4 Å². The minimum Gasteiger partial charge on any atom is -0.452 e. The summed E-state index contributed by atoms with van der Waals surface area (Å²) in [7, 11) is 1.10. The van der Waals surface area contributed by atoms with E-state index >= 15 is 0 Å². The molecule has 0 bridgehead atoms. The fraction of sp³-hybridized carbons (Fsp3) is 0.542. The van der Waals surface area contributed by atoms with Crippen molar-refractivity contribution < 1.29 is 47.8 Å². The van der Waals surface area contributed by atoms with E-state index in [4.69, 9.17) is 15.2 Å². The number of nitrogens with two attached hydrogens (primary N) is 1. The molecule has 0 radical (unpaired) electrons. The Morgan fingerprint density at radius 1 is 0.744 bits per heavy atom. The summed E-state index contributed by atoms with van der Waals surface area (Å²) in [5.41, 5.74) is 4.17. The van der Waals surface area contributed by atoms with Gasteiger partial charge < -0.3 is 30.6 Å². The molecule has 2 heterocycles. The van der Waals surface area contributed by atoms with Gasteiger partial charge in [-0.05, 0) is 41.5 Å². The van der Waals surface area contributed by atoms with Gasteiger partial charge in [0.25, 0.3) is 23.6 Å². The van der Waals surface area contributed by atoms with Gasteiger partial charge in [0.15, 0.2) is 0 Å². The van der Waals surface area contributed by atoms with Crippen LogP contribution in [-0.4, -0.2) is 96.2 Å². The molecule has 0 saturated carbocycles. The SMILES string of the molecule is CC(C)(C)OC(=O)NCCN.CC(C)(C)OC(=O)NCCN1C(=O)C=CC1=O.COC(=O)N1C(=O)C=CC1=O. The summed E-state index contributed by atoms with van der Waals surface area (Å²) in [6.45, 7) is 11.9. The molecule has 0 unspecified atom stereocenters. The Balaban J connectivity index is 0.000000579. The first kappa shape index (κ1) is 34.7. The second kappa shape index (κ2) is 15.9. The summed E-state index contributed by atoms with van der Waals surface area (Å²) >= 11 is 0. The van der Waals surface area contributed by atoms with E-state index in [0.29, 0.717) is 18.0 Å². The van der Waals surface area contributed by atoms with Crippen LogP contribution in [0.4, 0.5) is 14.4 Å². The molecule has 0 aromatic rings. The molecule has 0 atom stereocenters. The predicted octanol–water partition coefficient (Wildman–Crippen LogP) is 0.584. The van der Waals surface area contributed by atoms with Crippen molar-refractivity contribution in [1.82, 2.24) is 20.4 Å². The molecule has 218 valence electrons. The number of nitrogens with zero attached hydrogens (tertiary/aromatic N) is 2. The Morgan fingerprint density at radius 3 is 1.49 bits per heavy atom. The van der Waals surface area contributed by atoms with E-state index < -0.39 is 41.3 Å². The molecular weight excluding hydrogens is 518 g/mol. The minimum absolute atomic E-state index is 0.143. The van der Waals surface area contributed by atoms with Crippen molar-refractivity contribution in [2.45, 2.75) is 52.7 Å². The van der Waals surface area contributed by atoms with Gasteiger partial charge in [0.1, 0.15) is 11.2 Å². The van der Waals surface area contributed by atoms with Crippen LogP contribution in [0.25, 0.3) is 0 Å². The number of carbonyl (C=O) groups is 7. The standard InChI is InChI=1S/C11H16N2O4.C7H16N2O2.C6H5NO4/c1-11(2,3)17-10(16)12-6-7-13-8(14)4-5-9(13)15;1-7(2,3)11-6(10)9-5-4-8;1-11-6(10)7-4(8)2-3-5(7)9/h4-5H,6-7H2,1-3H3,(H,12,16);4-5,8H2,1-3H3,(H,9,10);2-3H,1H3. The van der Waals surface area contributed by atoms with Crippen molar-refractivity contribution >= 4 is 41.9 Å². The number of rotatable bonds is 5. The zero-order valence-corrected chi connectivity index (χ0v) is 23.2. The molecule has 0 aromatic heterocycles. The van der Waals surface area contributed by atoms with Crippen molar-refractivity contribution in [2.75, 3.05) is 33.3 Å². The van der Waals surface area contributed by atoms with E-state index in [1.807, 2.05) is 20.8 Å². The molecule has 39 heavy (non-hydrogen) atoms. The molecule has 0 spiro atoms. The van der Waals surface area contributed by atoms with Crippen LogP contribution in [0.5, 0.6) is 0 Å². The van der Waals surface area contributed by atoms with Crippen LogP contribution in [-0.2, 0) is 33.4 Å². The third-order valence-electron chi connectivity index (χ3n) is 3.88. The third kappa shape index (κ3) is 14.9. The summed E-state index contributed by atoms with van der Waals surface area (Å²) in [5, 5.41) is 4.97. The summed E-state index contributed by atoms with van der Waals surface area (Å²) in [6.07, 6.45) is 2.50. The lowest BCUT2D eigenvalue weighted by molar-refractivity contribution is -0.137. The zero-order valence-electron chi connectivity index (χ0n) is 23.2. The number of amides is 7. The number of alkyl carbamates (subject to hydrolysis) is 2. The Kier molecular flexibility index (Phi) is 14.1. The number of hydrogen-bond acceptors (Lipinski definition) is 11. The first-order valence-electron chi connectivity index (χ1n) is 11.7. The monoisotopic (exact) mass is 555 g/mol. The van der Waals surface area contributed by atoms with Gasteiger partial charge in [0, 0.05) is 50.5 Å². The lowest BCUT2D eigenvalue weighted by atomic mass is 10.2. The van der Waals surface area contributed by atoms with Crippen molar-refractivity contribution in [3.63, 3.8) is 0 Å². The average molecular weight is 556 g/mol. The molecular formula is C24H37N5O10. The van der Waals surface area contributed by atoms with Gasteiger partial charge in [-0.1, -0.05) is 0 Å². The molecule has 0 fully saturated rings. The topological polar surface area (TPSA) is 204 Å². The number of methoxy groups -OCH3 is 1. The minimum atomic E-state index is -0.954. The van der Waals surface area contributed by atoms with Gasteiger partial charge in [-0.15, -0.1) is 0 Å². The summed E-state index contributed by atoms with van der Waals surface area (Å²) < 4.78 is 14.1. The molecule has 2 aliphatic rings. The third-order valence-corrected chi connectivity index (χ3v) is 3.88. The average Bonchev–Trinajstić information content (AvgIpc) is 3.30. The lowest BCUT2D eigenvalue weighted by Crippen LogP contribution is -2.40. The van der Waals surface area contributed by atoms with Crippen molar-refractivity contribution in [3.05, 3.63) is 24.3 Å². The normalized spacial score (nSPS) is 14.3. The largest absolute Gasteiger partial charge is 0.452 e. The Labute approximate surface area is 226 Å². The number of imide groups is 4. The summed E-state index contributed by atoms with van der Waals surface area (Å²) in [6, 6.07) is 0. The number of ether oxygens (including phenoxy) is 3. The molecule has 15 heteroatoms. The molecule has 2 aliphatic heterocycles. The van der Waals surface area contributed by atoms with Crippen LogP contribution in [0.2, 0.25) is 0 Å². The van der Waals surface area contributed by atoms with Gasteiger partial charge in [0.2, 0.25) is 0 Å². The summed E-state index contributed by atoms with van der Waals surface area (Å²) in [5.74, 6) is -2.05. The highest BCUT2D eigenvalue weighted by atomic mass is 16.6. The maximum Gasteiger partial charge on any atom is 0.423 e. The fourth-order valence-electron chi connectivity index (χ4n) is 2.40. The highest BCUT2D eigenvalue weighted by molar-refractivity contribution is 6.21. The highest BCUT2D eigenvalue weighted by Gasteiger charge is 2.30. The van der Waals surface area contributed by atoms with Crippen LogP contribution in [0.1, 0.15) is 41.5 Å². The number of nitrogens with one attached hydrogen (secondary N) is 2. The van der Waals surface area contributed by atoms with Crippen molar-refractivity contribution in [1.29, 1.82) is 0 Å². The molecule has 0 saturated heterocycles. The Morgan fingerprint density at radius 2 is 1.13 bits per heavy atom. The Bertz CT molecular complexity index is 956. The van der Waals surface area contributed by atoms with E-state index in [-0.39, 0.29) is 24.9 Å². The zero-order chi connectivity index (χ0) is 30.4. The predicted molar refractivity (Wildman–Crippen MR) is 137 cm³/mol. The fourth-order valence-corrected chi connectivity index (χ4v) is 2.40. The van der Waals surface area contributed by atoms with Crippen LogP contribution in [0.15, 0.2) is 24.3 Å². The first-order chi connectivity index (χ1) is 17.9.